The van der Waals surface area contributed by atoms with Gasteiger partial charge in [0.2, 0.25) is 0 Å². The lowest BCUT2D eigenvalue weighted by Gasteiger charge is -2.07. The minimum atomic E-state index is 0.349. The Kier molecular flexibility index (Phi) is 6.82. The molecule has 0 aliphatic heterocycles. The number of ether oxygens (including phenoxy) is 1. The molecule has 1 N–H and O–H groups in total. The molecule has 1 rings (SSSR count). The number of aryl methyl sites for hydroxylation is 1. The molecule has 0 amide bonds. The number of nitrogens with zero attached hydrogens (tertiary/aromatic N) is 1. The van der Waals surface area contributed by atoms with Gasteiger partial charge in [-0.15, -0.1) is 0 Å². The molecule has 0 saturated carbocycles. The third-order valence-corrected chi connectivity index (χ3v) is 2.50. The predicted molar refractivity (Wildman–Crippen MR) is 71.0 cm³/mol. The molecule has 17 heavy (non-hydrogen) atoms. The summed E-state index contributed by atoms with van der Waals surface area (Å²) >= 11 is 0. The standard InChI is InChI=1S/C14H24N2O/c1-12(2)17-9-5-4-8-15-10-14-7-6-13(3)16-11-14/h6-7,11-12,15H,4-5,8-10H2,1-3H3. The van der Waals surface area contributed by atoms with E-state index in [1.54, 1.807) is 0 Å². The molecule has 0 unspecified atom stereocenters. The van der Waals surface area contributed by atoms with Gasteiger partial charge in [0.05, 0.1) is 6.10 Å². The van der Waals surface area contributed by atoms with E-state index in [9.17, 15) is 0 Å². The van der Waals surface area contributed by atoms with Crippen LogP contribution in [0.5, 0.6) is 0 Å². The molecule has 0 radical (unpaired) electrons. The van der Waals surface area contributed by atoms with Crippen molar-refractivity contribution in [3.63, 3.8) is 0 Å². The van der Waals surface area contributed by atoms with Crippen molar-refractivity contribution in [3.05, 3.63) is 29.6 Å². The lowest BCUT2D eigenvalue weighted by molar-refractivity contribution is 0.0760. The van der Waals surface area contributed by atoms with Crippen LogP contribution in [0.3, 0.4) is 0 Å². The second-order valence-corrected chi connectivity index (χ2v) is 4.61. The number of rotatable bonds is 8. The fraction of sp³-hybridized carbons (Fsp3) is 0.643. The number of pyridine rings is 1. The molecule has 0 bridgehead atoms. The van der Waals surface area contributed by atoms with Gasteiger partial charge in [0, 0.05) is 25.0 Å². The Balaban J connectivity index is 1.99. The Morgan fingerprint density at radius 3 is 2.76 bits per heavy atom. The summed E-state index contributed by atoms with van der Waals surface area (Å²) < 4.78 is 5.48. The molecule has 1 aromatic heterocycles. The molecule has 0 fully saturated rings. The number of nitrogens with one attached hydrogen (secondary N) is 1. The van der Waals surface area contributed by atoms with Crippen molar-refractivity contribution in [2.45, 2.75) is 46.3 Å². The minimum absolute atomic E-state index is 0.349. The minimum Gasteiger partial charge on any atom is -0.379 e. The maximum atomic E-state index is 5.48. The van der Waals surface area contributed by atoms with E-state index in [1.165, 1.54) is 5.56 Å². The summed E-state index contributed by atoms with van der Waals surface area (Å²) in [5.41, 5.74) is 2.31. The normalized spacial score (nSPS) is 11.1. The summed E-state index contributed by atoms with van der Waals surface area (Å²) in [6, 6.07) is 4.17. The lowest BCUT2D eigenvalue weighted by atomic mass is 10.2. The van der Waals surface area contributed by atoms with Crippen molar-refractivity contribution in [1.82, 2.24) is 10.3 Å². The molecule has 0 aliphatic rings. The van der Waals surface area contributed by atoms with Gasteiger partial charge in [-0.3, -0.25) is 4.98 Å². The van der Waals surface area contributed by atoms with Gasteiger partial charge < -0.3 is 10.1 Å². The van der Waals surface area contributed by atoms with Crippen LogP contribution in [-0.2, 0) is 11.3 Å². The lowest BCUT2D eigenvalue weighted by Crippen LogP contribution is -2.15. The highest BCUT2D eigenvalue weighted by molar-refractivity contribution is 5.12. The Morgan fingerprint density at radius 1 is 1.29 bits per heavy atom. The van der Waals surface area contributed by atoms with Crippen molar-refractivity contribution in [1.29, 1.82) is 0 Å². The summed E-state index contributed by atoms with van der Waals surface area (Å²) in [5, 5.41) is 3.41. The first-order valence-corrected chi connectivity index (χ1v) is 6.42. The first-order valence-electron chi connectivity index (χ1n) is 6.42. The van der Waals surface area contributed by atoms with Crippen LogP contribution in [0.1, 0.15) is 37.9 Å². The molecular weight excluding hydrogens is 212 g/mol. The van der Waals surface area contributed by atoms with Crippen molar-refractivity contribution < 1.29 is 4.74 Å². The fourth-order valence-corrected chi connectivity index (χ4v) is 1.51. The maximum absolute atomic E-state index is 5.48. The van der Waals surface area contributed by atoms with Crippen LogP contribution < -0.4 is 5.32 Å². The third-order valence-electron chi connectivity index (χ3n) is 2.50. The van der Waals surface area contributed by atoms with Crippen LogP contribution in [0, 0.1) is 6.92 Å². The predicted octanol–water partition coefficient (Wildman–Crippen LogP) is 2.68. The smallest absolute Gasteiger partial charge is 0.0518 e. The summed E-state index contributed by atoms with van der Waals surface area (Å²) in [6.45, 7) is 8.95. The second-order valence-electron chi connectivity index (χ2n) is 4.61. The number of hydrogen-bond donors (Lipinski definition) is 1. The van der Waals surface area contributed by atoms with E-state index < -0.39 is 0 Å². The molecule has 0 spiro atoms. The van der Waals surface area contributed by atoms with Gasteiger partial charge in [-0.1, -0.05) is 6.07 Å². The highest BCUT2D eigenvalue weighted by atomic mass is 16.5. The SMILES string of the molecule is Cc1ccc(CNCCCCOC(C)C)cn1. The maximum Gasteiger partial charge on any atom is 0.0518 e. The Morgan fingerprint density at radius 2 is 2.12 bits per heavy atom. The van der Waals surface area contributed by atoms with Gasteiger partial charge in [0.15, 0.2) is 0 Å². The van der Waals surface area contributed by atoms with E-state index in [0.29, 0.717) is 6.10 Å². The summed E-state index contributed by atoms with van der Waals surface area (Å²) in [6.07, 6.45) is 4.56. The van der Waals surface area contributed by atoms with Crippen molar-refractivity contribution in [2.24, 2.45) is 0 Å². The van der Waals surface area contributed by atoms with Crippen LogP contribution in [0.4, 0.5) is 0 Å². The number of hydrogen-bond acceptors (Lipinski definition) is 3. The van der Waals surface area contributed by atoms with Gasteiger partial charge in [0.25, 0.3) is 0 Å². The average molecular weight is 236 g/mol. The summed E-state index contributed by atoms with van der Waals surface area (Å²) in [5.74, 6) is 0. The molecule has 0 aromatic carbocycles. The molecule has 0 saturated heterocycles. The molecule has 3 heteroatoms. The van der Waals surface area contributed by atoms with Gasteiger partial charge in [-0.2, -0.15) is 0 Å². The van der Waals surface area contributed by atoms with E-state index in [4.69, 9.17) is 4.74 Å². The number of unbranched alkanes of at least 4 members (excludes halogenated alkanes) is 1. The zero-order valence-corrected chi connectivity index (χ0v) is 11.2. The highest BCUT2D eigenvalue weighted by Crippen LogP contribution is 1.99. The van der Waals surface area contributed by atoms with Crippen molar-refractivity contribution in [2.75, 3.05) is 13.2 Å². The van der Waals surface area contributed by atoms with E-state index in [2.05, 4.69) is 30.2 Å². The quantitative estimate of drug-likeness (QED) is 0.705. The van der Waals surface area contributed by atoms with Crippen LogP contribution in [0.25, 0.3) is 0 Å². The molecule has 1 heterocycles. The van der Waals surface area contributed by atoms with Crippen LogP contribution in [-0.4, -0.2) is 24.2 Å². The zero-order chi connectivity index (χ0) is 12.5. The van der Waals surface area contributed by atoms with E-state index in [-0.39, 0.29) is 0 Å². The second kappa shape index (κ2) is 8.20. The van der Waals surface area contributed by atoms with E-state index in [0.717, 1.165) is 38.2 Å². The third kappa shape index (κ3) is 7.08. The largest absolute Gasteiger partial charge is 0.379 e. The average Bonchev–Trinajstić information content (AvgIpc) is 2.30. The monoisotopic (exact) mass is 236 g/mol. The Bertz CT molecular complexity index is 296. The van der Waals surface area contributed by atoms with Gasteiger partial charge in [0.1, 0.15) is 0 Å². The molecule has 0 aliphatic carbocycles. The van der Waals surface area contributed by atoms with Crippen LogP contribution >= 0.6 is 0 Å². The summed E-state index contributed by atoms with van der Waals surface area (Å²) in [4.78, 5) is 4.27. The molecule has 3 nitrogen and oxygen atoms in total. The highest BCUT2D eigenvalue weighted by Gasteiger charge is 1.95. The van der Waals surface area contributed by atoms with Crippen LogP contribution in [0.15, 0.2) is 18.3 Å². The van der Waals surface area contributed by atoms with E-state index in [1.807, 2.05) is 19.2 Å². The molecule has 1 aromatic rings. The Labute approximate surface area is 105 Å². The topological polar surface area (TPSA) is 34.1 Å². The Hall–Kier alpha value is -0.930. The first kappa shape index (κ1) is 14.1. The molecular formula is C14H24N2O. The first-order chi connectivity index (χ1) is 8.18. The summed E-state index contributed by atoms with van der Waals surface area (Å²) in [7, 11) is 0. The molecule has 0 atom stereocenters. The number of aromatic nitrogens is 1. The van der Waals surface area contributed by atoms with Gasteiger partial charge >= 0.3 is 0 Å². The van der Waals surface area contributed by atoms with Gasteiger partial charge in [-0.05, 0) is 51.8 Å². The van der Waals surface area contributed by atoms with Crippen LogP contribution in [0.2, 0.25) is 0 Å². The zero-order valence-electron chi connectivity index (χ0n) is 11.2. The van der Waals surface area contributed by atoms with Gasteiger partial charge in [-0.25, -0.2) is 0 Å². The van der Waals surface area contributed by atoms with Crippen molar-refractivity contribution in [3.8, 4) is 0 Å². The molecule has 96 valence electrons. The fourth-order valence-electron chi connectivity index (χ4n) is 1.51. The van der Waals surface area contributed by atoms with Crippen molar-refractivity contribution >= 4 is 0 Å². The van der Waals surface area contributed by atoms with E-state index >= 15 is 0 Å².